The van der Waals surface area contributed by atoms with Crippen LogP contribution in [0.4, 0.5) is 9.52 Å². The topological polar surface area (TPSA) is 102 Å². The van der Waals surface area contributed by atoms with Crippen molar-refractivity contribution >= 4 is 61.9 Å². The third-order valence-corrected chi connectivity index (χ3v) is 9.14. The van der Waals surface area contributed by atoms with Crippen molar-refractivity contribution in [2.45, 2.75) is 32.3 Å². The first-order chi connectivity index (χ1) is 18.8. The predicted molar refractivity (Wildman–Crippen MR) is 148 cm³/mol. The smallest absolute Gasteiger partial charge is 0.335 e. The van der Waals surface area contributed by atoms with Crippen molar-refractivity contribution in [3.63, 3.8) is 0 Å². The van der Waals surface area contributed by atoms with E-state index in [0.717, 1.165) is 55.5 Å². The number of piperidine rings is 1. The van der Waals surface area contributed by atoms with Crippen molar-refractivity contribution in [2.24, 2.45) is 5.41 Å². The van der Waals surface area contributed by atoms with Crippen LogP contribution in [-0.2, 0) is 11.3 Å². The Balaban J connectivity index is 1.18. The van der Waals surface area contributed by atoms with Crippen LogP contribution in [-0.4, -0.2) is 46.4 Å². The molecular formula is C27H23Cl2FN4O4S. The van der Waals surface area contributed by atoms with E-state index in [2.05, 4.69) is 26.1 Å². The van der Waals surface area contributed by atoms with Crippen LogP contribution in [0.3, 0.4) is 0 Å². The Hall–Kier alpha value is -3.05. The van der Waals surface area contributed by atoms with Gasteiger partial charge in [0.1, 0.15) is 17.8 Å². The molecule has 4 heterocycles. The lowest BCUT2D eigenvalue weighted by Gasteiger charge is -2.49. The second-order valence-electron chi connectivity index (χ2n) is 10.0. The van der Waals surface area contributed by atoms with Crippen molar-refractivity contribution in [1.82, 2.24) is 15.1 Å². The Morgan fingerprint density at radius 3 is 2.64 bits per heavy atom. The molecule has 0 unspecified atom stereocenters. The summed E-state index contributed by atoms with van der Waals surface area (Å²) in [6, 6.07) is 2.51. The van der Waals surface area contributed by atoms with Crippen LogP contribution in [0.2, 0.25) is 10.0 Å². The number of rotatable bonds is 6. The minimum atomic E-state index is -1.15. The van der Waals surface area contributed by atoms with Crippen LogP contribution in [0.5, 0.6) is 0 Å². The van der Waals surface area contributed by atoms with E-state index in [-0.39, 0.29) is 23.1 Å². The number of methoxy groups -OCH3 is 1. The number of halogens is 3. The van der Waals surface area contributed by atoms with Crippen LogP contribution in [0.1, 0.15) is 47.4 Å². The summed E-state index contributed by atoms with van der Waals surface area (Å²) in [7, 11) is 1.60. The van der Waals surface area contributed by atoms with E-state index >= 15 is 0 Å². The number of carbonyl (C=O) groups is 1. The van der Waals surface area contributed by atoms with Crippen LogP contribution >= 0.6 is 34.5 Å². The Labute approximate surface area is 237 Å². The summed E-state index contributed by atoms with van der Waals surface area (Å²) in [4.78, 5) is 22.0. The second-order valence-corrected chi connectivity index (χ2v) is 11.9. The van der Waals surface area contributed by atoms with Crippen molar-refractivity contribution in [1.29, 1.82) is 0 Å². The molecule has 0 radical (unpaired) electrons. The molecule has 202 valence electrons. The quantitative estimate of drug-likeness (QED) is 0.254. The maximum Gasteiger partial charge on any atom is 0.335 e. The first-order valence-corrected chi connectivity index (χ1v) is 13.9. The van der Waals surface area contributed by atoms with Gasteiger partial charge in [0.15, 0.2) is 16.7 Å². The monoisotopic (exact) mass is 588 g/mol. The largest absolute Gasteiger partial charge is 0.478 e. The average Bonchev–Trinajstić information content (AvgIpc) is 3.49. The molecule has 12 heteroatoms. The van der Waals surface area contributed by atoms with Gasteiger partial charge in [-0.05, 0) is 49.3 Å². The van der Waals surface area contributed by atoms with E-state index in [1.165, 1.54) is 35.4 Å². The van der Waals surface area contributed by atoms with E-state index < -0.39 is 11.8 Å². The minimum Gasteiger partial charge on any atom is -0.478 e. The number of hydrogen-bond donors (Lipinski definition) is 1. The Morgan fingerprint density at radius 1 is 1.26 bits per heavy atom. The molecule has 1 saturated carbocycles. The summed E-state index contributed by atoms with van der Waals surface area (Å²) in [6.45, 7) is 1.87. The lowest BCUT2D eigenvalue weighted by Crippen LogP contribution is -2.44. The number of anilines is 1. The molecule has 1 spiro atoms. The van der Waals surface area contributed by atoms with E-state index in [0.29, 0.717) is 31.8 Å². The molecular weight excluding hydrogens is 566 g/mol. The van der Waals surface area contributed by atoms with Gasteiger partial charge in [0.25, 0.3) is 0 Å². The number of allylic oxidation sites excluding steroid dienone is 1. The number of benzene rings is 1. The van der Waals surface area contributed by atoms with Crippen molar-refractivity contribution in [3.05, 3.63) is 62.8 Å². The molecule has 2 fully saturated rings. The molecule has 1 saturated heterocycles. The highest BCUT2D eigenvalue weighted by Crippen LogP contribution is 2.54. The molecule has 4 aromatic rings. The Kier molecular flexibility index (Phi) is 6.83. The number of carboxylic acids is 1. The molecule has 6 rings (SSSR count). The van der Waals surface area contributed by atoms with Gasteiger partial charge in [0, 0.05) is 43.7 Å². The molecule has 0 atom stereocenters. The van der Waals surface area contributed by atoms with Gasteiger partial charge in [-0.25, -0.2) is 14.2 Å². The van der Waals surface area contributed by atoms with E-state index in [1.807, 2.05) is 0 Å². The lowest BCUT2D eigenvalue weighted by molar-refractivity contribution is 0.0696. The van der Waals surface area contributed by atoms with Gasteiger partial charge in [0.2, 0.25) is 0 Å². The van der Waals surface area contributed by atoms with Crippen molar-refractivity contribution in [3.8, 4) is 11.3 Å². The molecule has 2 aliphatic rings. The predicted octanol–water partition coefficient (Wildman–Crippen LogP) is 7.10. The number of ether oxygens (including phenoxy) is 1. The summed E-state index contributed by atoms with van der Waals surface area (Å²) in [5, 5.41) is 15.0. The number of aromatic nitrogens is 3. The van der Waals surface area contributed by atoms with Gasteiger partial charge in [0.05, 0.1) is 20.3 Å². The van der Waals surface area contributed by atoms with Gasteiger partial charge in [-0.2, -0.15) is 0 Å². The molecule has 1 aliphatic heterocycles. The first-order valence-electron chi connectivity index (χ1n) is 12.3. The highest BCUT2D eigenvalue weighted by molar-refractivity contribution is 7.22. The summed E-state index contributed by atoms with van der Waals surface area (Å²) < 4.78 is 25.9. The third-order valence-electron chi connectivity index (χ3n) is 7.50. The number of pyridine rings is 1. The van der Waals surface area contributed by atoms with E-state index in [4.69, 9.17) is 32.5 Å². The van der Waals surface area contributed by atoms with Crippen molar-refractivity contribution < 1.29 is 23.6 Å². The van der Waals surface area contributed by atoms with E-state index in [9.17, 15) is 14.3 Å². The number of fused-ring (bicyclic) bond motifs is 1. The normalized spacial score (nSPS) is 16.6. The fraction of sp³-hybridized carbons (Fsp3) is 0.333. The summed E-state index contributed by atoms with van der Waals surface area (Å²) in [5.41, 5.74) is 3.60. The Bertz CT molecular complexity index is 1600. The molecule has 3 aromatic heterocycles. The molecule has 39 heavy (non-hydrogen) atoms. The third kappa shape index (κ3) is 4.80. The zero-order valence-corrected chi connectivity index (χ0v) is 23.2. The lowest BCUT2D eigenvalue weighted by atomic mass is 9.60. The zero-order chi connectivity index (χ0) is 27.3. The van der Waals surface area contributed by atoms with Gasteiger partial charge in [-0.15, -0.1) is 0 Å². The summed E-state index contributed by atoms with van der Waals surface area (Å²) in [5.74, 6) is -1.15. The number of carboxylic acid groups (broad SMARTS) is 1. The highest BCUT2D eigenvalue weighted by Gasteiger charge is 2.43. The zero-order valence-electron chi connectivity index (χ0n) is 20.8. The standard InChI is InChI=1S/C27H23Cl2FN4O4S/c1-37-13-20-16(23(33-38-20)22-17(28)11-31-12-18(22)29)6-14-9-27(10-14)2-4-34(5-3-27)26-32-24-19(30)7-15(25(35)36)8-21(24)39-26/h6-8,11-12H,2-5,9-10,13H2,1H3,(H,35,36). The van der Waals surface area contributed by atoms with Crippen LogP contribution in [0.25, 0.3) is 27.6 Å². The SMILES string of the molecule is COCc1onc(-c2c(Cl)cncc2Cl)c1C=C1CC2(CCN(c3nc4c(F)cc(C(=O)O)cc4s3)CC2)C1. The van der Waals surface area contributed by atoms with Crippen LogP contribution in [0, 0.1) is 11.2 Å². The molecule has 1 N–H and O–H groups in total. The van der Waals surface area contributed by atoms with Crippen LogP contribution in [0.15, 0.2) is 34.6 Å². The fourth-order valence-corrected chi connectivity index (χ4v) is 7.13. The Morgan fingerprint density at radius 2 is 1.97 bits per heavy atom. The second kappa shape index (κ2) is 10.2. The van der Waals surface area contributed by atoms with Crippen LogP contribution < -0.4 is 4.90 Å². The van der Waals surface area contributed by atoms with Gasteiger partial charge < -0.3 is 19.3 Å². The summed E-state index contributed by atoms with van der Waals surface area (Å²) in [6.07, 6.45) is 9.03. The summed E-state index contributed by atoms with van der Waals surface area (Å²) >= 11 is 14.1. The maximum atomic E-state index is 14.5. The molecule has 0 amide bonds. The highest BCUT2D eigenvalue weighted by atomic mass is 35.5. The molecule has 1 aromatic carbocycles. The molecule has 8 nitrogen and oxygen atoms in total. The number of aromatic carboxylic acids is 1. The minimum absolute atomic E-state index is 0.0697. The molecule has 1 aliphatic carbocycles. The van der Waals surface area contributed by atoms with E-state index in [1.54, 1.807) is 7.11 Å². The fourth-order valence-electron chi connectivity index (χ4n) is 5.51. The number of hydrogen-bond acceptors (Lipinski definition) is 8. The molecule has 0 bridgehead atoms. The van der Waals surface area contributed by atoms with Crippen molar-refractivity contribution in [2.75, 3.05) is 25.1 Å². The van der Waals surface area contributed by atoms with Gasteiger partial charge >= 0.3 is 5.97 Å². The number of thiazole rings is 1. The maximum absolute atomic E-state index is 14.5. The number of nitrogens with zero attached hydrogens (tertiary/aromatic N) is 4. The van der Waals surface area contributed by atoms with Gasteiger partial charge in [-0.1, -0.05) is 45.3 Å². The van der Waals surface area contributed by atoms with Gasteiger partial charge in [-0.3, -0.25) is 4.98 Å². The average molecular weight is 589 g/mol. The first kappa shape index (κ1) is 26.2.